The summed E-state index contributed by atoms with van der Waals surface area (Å²) in [4.78, 5) is 26.2. The molecule has 7 heteroatoms. The van der Waals surface area contributed by atoms with Gasteiger partial charge in [0.2, 0.25) is 17.7 Å². The van der Waals surface area contributed by atoms with Crippen LogP contribution in [-0.2, 0) is 16.1 Å². The Balaban J connectivity index is 2.31. The van der Waals surface area contributed by atoms with Gasteiger partial charge in [0.15, 0.2) is 0 Å². The number of hydrogen-bond acceptors (Lipinski definition) is 5. The first-order chi connectivity index (χ1) is 8.02. The van der Waals surface area contributed by atoms with E-state index < -0.39 is 0 Å². The number of carbonyl (C=O) groups is 2. The summed E-state index contributed by atoms with van der Waals surface area (Å²) in [6, 6.07) is 0. The van der Waals surface area contributed by atoms with E-state index in [2.05, 4.69) is 15.6 Å². The van der Waals surface area contributed by atoms with E-state index in [1.54, 1.807) is 6.92 Å². The van der Waals surface area contributed by atoms with Crippen LogP contribution in [-0.4, -0.2) is 29.9 Å². The Labute approximate surface area is 98.8 Å². The Morgan fingerprint density at radius 2 is 2.00 bits per heavy atom. The van der Waals surface area contributed by atoms with Gasteiger partial charge in [-0.25, -0.2) is 4.98 Å². The van der Waals surface area contributed by atoms with Crippen molar-refractivity contribution in [2.24, 2.45) is 5.73 Å². The quantitative estimate of drug-likeness (QED) is 0.610. The van der Waals surface area contributed by atoms with Crippen molar-refractivity contribution in [3.8, 4) is 0 Å². The van der Waals surface area contributed by atoms with Gasteiger partial charge < -0.3 is 20.8 Å². The SMILES string of the molecule is Cc1nc(CNC(=O)CNC(=O)CN)oc1C. The van der Waals surface area contributed by atoms with E-state index in [4.69, 9.17) is 10.2 Å². The van der Waals surface area contributed by atoms with Crippen LogP contribution >= 0.6 is 0 Å². The third-order valence-electron chi connectivity index (χ3n) is 2.14. The van der Waals surface area contributed by atoms with E-state index in [1.165, 1.54) is 0 Å². The second-order valence-electron chi connectivity index (χ2n) is 3.51. The number of nitrogens with two attached hydrogens (primary N) is 1. The van der Waals surface area contributed by atoms with E-state index in [1.807, 2.05) is 6.92 Å². The monoisotopic (exact) mass is 240 g/mol. The molecular formula is C10H16N4O3. The third kappa shape index (κ3) is 4.23. The lowest BCUT2D eigenvalue weighted by Gasteiger charge is -2.03. The molecule has 17 heavy (non-hydrogen) atoms. The summed E-state index contributed by atoms with van der Waals surface area (Å²) in [5.74, 6) is 0.479. The average molecular weight is 240 g/mol. The number of hydrogen-bond donors (Lipinski definition) is 3. The smallest absolute Gasteiger partial charge is 0.239 e. The highest BCUT2D eigenvalue weighted by atomic mass is 16.4. The molecule has 0 spiro atoms. The van der Waals surface area contributed by atoms with Crippen molar-refractivity contribution in [1.82, 2.24) is 15.6 Å². The molecule has 4 N–H and O–H groups in total. The Hall–Kier alpha value is -1.89. The van der Waals surface area contributed by atoms with Crippen LogP contribution in [0.2, 0.25) is 0 Å². The molecule has 1 heterocycles. The van der Waals surface area contributed by atoms with Crippen molar-refractivity contribution in [1.29, 1.82) is 0 Å². The Kier molecular flexibility index (Phi) is 4.65. The molecule has 0 saturated heterocycles. The van der Waals surface area contributed by atoms with Crippen LogP contribution in [0.5, 0.6) is 0 Å². The molecule has 0 saturated carbocycles. The summed E-state index contributed by atoms with van der Waals surface area (Å²) in [6.07, 6.45) is 0. The topological polar surface area (TPSA) is 110 Å². The predicted octanol–water partition coefficient (Wildman–Crippen LogP) is -1.02. The van der Waals surface area contributed by atoms with Crippen molar-refractivity contribution < 1.29 is 14.0 Å². The minimum absolute atomic E-state index is 0.102. The summed E-state index contributed by atoms with van der Waals surface area (Å²) in [5.41, 5.74) is 5.87. The molecule has 0 unspecified atom stereocenters. The molecule has 0 atom stereocenters. The molecule has 1 rings (SSSR count). The Morgan fingerprint density at radius 1 is 1.29 bits per heavy atom. The number of carbonyl (C=O) groups excluding carboxylic acids is 2. The molecule has 1 aromatic rings. The van der Waals surface area contributed by atoms with Crippen molar-refractivity contribution in [2.75, 3.05) is 13.1 Å². The summed E-state index contributed by atoms with van der Waals surface area (Å²) >= 11 is 0. The Bertz CT molecular complexity index is 394. The lowest BCUT2D eigenvalue weighted by molar-refractivity contribution is -0.125. The highest BCUT2D eigenvalue weighted by Crippen LogP contribution is 2.07. The first kappa shape index (κ1) is 13.2. The number of oxazole rings is 1. The van der Waals surface area contributed by atoms with Gasteiger partial charge in [0, 0.05) is 0 Å². The summed E-state index contributed by atoms with van der Waals surface area (Å²) in [7, 11) is 0. The number of nitrogens with zero attached hydrogens (tertiary/aromatic N) is 1. The fourth-order valence-electron chi connectivity index (χ4n) is 1.10. The van der Waals surface area contributed by atoms with E-state index >= 15 is 0 Å². The van der Waals surface area contributed by atoms with Gasteiger partial charge in [-0.1, -0.05) is 0 Å². The van der Waals surface area contributed by atoms with Crippen LogP contribution in [0, 0.1) is 13.8 Å². The summed E-state index contributed by atoms with van der Waals surface area (Å²) < 4.78 is 5.28. The van der Waals surface area contributed by atoms with Crippen molar-refractivity contribution in [3.63, 3.8) is 0 Å². The van der Waals surface area contributed by atoms with Gasteiger partial charge in [0.1, 0.15) is 5.76 Å². The maximum atomic E-state index is 11.3. The van der Waals surface area contributed by atoms with E-state index in [0.717, 1.165) is 11.5 Å². The number of aryl methyl sites for hydroxylation is 2. The van der Waals surface area contributed by atoms with Gasteiger partial charge in [-0.3, -0.25) is 9.59 Å². The van der Waals surface area contributed by atoms with Crippen LogP contribution in [0.3, 0.4) is 0 Å². The molecule has 94 valence electrons. The second kappa shape index (κ2) is 6.00. The van der Waals surface area contributed by atoms with Crippen molar-refractivity contribution in [2.45, 2.75) is 20.4 Å². The molecule has 0 aliphatic rings. The zero-order valence-corrected chi connectivity index (χ0v) is 9.87. The molecule has 2 amide bonds. The first-order valence-corrected chi connectivity index (χ1v) is 5.19. The average Bonchev–Trinajstić information content (AvgIpc) is 2.63. The third-order valence-corrected chi connectivity index (χ3v) is 2.14. The number of rotatable bonds is 5. The maximum absolute atomic E-state index is 11.3. The number of nitrogens with one attached hydrogen (secondary N) is 2. The van der Waals surface area contributed by atoms with Crippen LogP contribution in [0.4, 0.5) is 0 Å². The van der Waals surface area contributed by atoms with Gasteiger partial charge in [-0.2, -0.15) is 0 Å². The molecule has 0 fully saturated rings. The Morgan fingerprint density at radius 3 is 2.53 bits per heavy atom. The van der Waals surface area contributed by atoms with E-state index in [9.17, 15) is 9.59 Å². The van der Waals surface area contributed by atoms with Crippen LogP contribution in [0.25, 0.3) is 0 Å². The maximum Gasteiger partial charge on any atom is 0.239 e. The lowest BCUT2D eigenvalue weighted by Crippen LogP contribution is -2.39. The normalized spacial score (nSPS) is 10.1. The fourth-order valence-corrected chi connectivity index (χ4v) is 1.10. The first-order valence-electron chi connectivity index (χ1n) is 5.19. The molecule has 0 radical (unpaired) electrons. The van der Waals surface area contributed by atoms with Gasteiger partial charge in [-0.05, 0) is 13.8 Å². The van der Waals surface area contributed by atoms with Gasteiger partial charge in [-0.15, -0.1) is 0 Å². The summed E-state index contributed by atoms with van der Waals surface area (Å²) in [6.45, 7) is 3.59. The van der Waals surface area contributed by atoms with Crippen molar-refractivity contribution >= 4 is 11.8 Å². The molecule has 0 aliphatic carbocycles. The zero-order chi connectivity index (χ0) is 12.8. The standard InChI is InChI=1S/C10H16N4O3/c1-6-7(2)17-10(14-6)5-13-9(16)4-12-8(15)3-11/h3-5,11H2,1-2H3,(H,12,15)(H,13,16). The molecule has 1 aromatic heterocycles. The second-order valence-corrected chi connectivity index (χ2v) is 3.51. The van der Waals surface area contributed by atoms with E-state index in [0.29, 0.717) is 5.89 Å². The molecule has 0 bridgehead atoms. The number of amides is 2. The van der Waals surface area contributed by atoms with Crippen LogP contribution in [0.1, 0.15) is 17.3 Å². The molecule has 0 aromatic carbocycles. The largest absolute Gasteiger partial charge is 0.444 e. The minimum Gasteiger partial charge on any atom is -0.444 e. The molecular weight excluding hydrogens is 224 g/mol. The highest BCUT2D eigenvalue weighted by molar-refractivity contribution is 5.85. The zero-order valence-electron chi connectivity index (χ0n) is 9.87. The van der Waals surface area contributed by atoms with Gasteiger partial charge in [0.25, 0.3) is 0 Å². The van der Waals surface area contributed by atoms with E-state index in [-0.39, 0.29) is 31.4 Å². The molecule has 0 aliphatic heterocycles. The molecule has 7 nitrogen and oxygen atoms in total. The van der Waals surface area contributed by atoms with Gasteiger partial charge >= 0.3 is 0 Å². The fraction of sp³-hybridized carbons (Fsp3) is 0.500. The lowest BCUT2D eigenvalue weighted by atomic mass is 10.4. The van der Waals surface area contributed by atoms with Crippen LogP contribution in [0.15, 0.2) is 4.42 Å². The summed E-state index contributed by atoms with van der Waals surface area (Å²) in [5, 5.41) is 4.93. The predicted molar refractivity (Wildman–Crippen MR) is 59.9 cm³/mol. The van der Waals surface area contributed by atoms with Gasteiger partial charge in [0.05, 0.1) is 25.3 Å². The van der Waals surface area contributed by atoms with Crippen molar-refractivity contribution in [3.05, 3.63) is 17.3 Å². The highest BCUT2D eigenvalue weighted by Gasteiger charge is 2.08. The number of aromatic nitrogens is 1. The van der Waals surface area contributed by atoms with Crippen LogP contribution < -0.4 is 16.4 Å². The minimum atomic E-state index is -0.372.